The van der Waals surface area contributed by atoms with E-state index in [9.17, 15) is 0 Å². The number of nitrogens with zero attached hydrogens (tertiary/aromatic N) is 2. The van der Waals surface area contributed by atoms with Crippen LogP contribution in [-0.2, 0) is 0 Å². The van der Waals surface area contributed by atoms with E-state index >= 15 is 0 Å². The Hall–Kier alpha value is -5.86. The van der Waals surface area contributed by atoms with Crippen LogP contribution in [0.1, 0.15) is 0 Å². The molecule has 0 saturated carbocycles. The molecule has 0 spiro atoms. The first-order valence-corrected chi connectivity index (χ1v) is 15.0. The van der Waals surface area contributed by atoms with Crippen LogP contribution >= 0.6 is 0 Å². The van der Waals surface area contributed by atoms with Gasteiger partial charge in [0.1, 0.15) is 0 Å². The second-order valence-electron chi connectivity index (χ2n) is 11.0. The average Bonchev–Trinajstić information content (AvgIpc) is 3.45. The van der Waals surface area contributed by atoms with Crippen molar-refractivity contribution >= 4 is 38.9 Å². The van der Waals surface area contributed by atoms with Crippen molar-refractivity contribution in [3.8, 4) is 27.9 Å². The number of para-hydroxylation sites is 5. The smallest absolute Gasteiger partial charge is 0.0619 e. The van der Waals surface area contributed by atoms with Crippen LogP contribution in [0.15, 0.2) is 182 Å². The van der Waals surface area contributed by atoms with Gasteiger partial charge in [-0.05, 0) is 77.4 Å². The fourth-order valence-corrected chi connectivity index (χ4v) is 6.37. The summed E-state index contributed by atoms with van der Waals surface area (Å²) in [7, 11) is 0. The minimum atomic E-state index is 1.12. The summed E-state index contributed by atoms with van der Waals surface area (Å²) in [6, 6.07) is 65.0. The van der Waals surface area contributed by atoms with Gasteiger partial charge in [0.25, 0.3) is 0 Å². The highest BCUT2D eigenvalue weighted by atomic mass is 15.1. The molecule has 0 fully saturated rings. The van der Waals surface area contributed by atoms with Crippen LogP contribution in [-0.4, -0.2) is 4.57 Å². The fraction of sp³-hybridized carbons (Fsp3) is 0. The number of fused-ring (bicyclic) bond motifs is 3. The molecular weight excluding hydrogens is 532 g/mol. The molecule has 1 aromatic heterocycles. The molecule has 0 atom stereocenters. The summed E-state index contributed by atoms with van der Waals surface area (Å²) in [6.45, 7) is 0. The van der Waals surface area contributed by atoms with E-state index in [4.69, 9.17) is 0 Å². The van der Waals surface area contributed by atoms with Gasteiger partial charge in [0.05, 0.1) is 11.0 Å². The van der Waals surface area contributed by atoms with Gasteiger partial charge in [0.15, 0.2) is 0 Å². The third kappa shape index (κ3) is 4.54. The first kappa shape index (κ1) is 25.8. The standard InChI is InChI=1S/C42H30N2/c1-4-16-34(17-5-1)43(35-18-6-2-7-19-35)37-28-26-31(27-29-37)32-14-12-15-33(30-32)38-23-13-24-40-39-22-10-11-25-41(39)44(42(38)40)36-20-8-3-9-21-36/h1-30H. The maximum absolute atomic E-state index is 2.41. The van der Waals surface area contributed by atoms with Crippen LogP contribution in [0.3, 0.4) is 0 Å². The normalized spacial score (nSPS) is 11.2. The van der Waals surface area contributed by atoms with Gasteiger partial charge in [0.2, 0.25) is 0 Å². The predicted octanol–water partition coefficient (Wildman–Crippen LogP) is 11.6. The maximum Gasteiger partial charge on any atom is 0.0619 e. The minimum Gasteiger partial charge on any atom is -0.311 e. The summed E-state index contributed by atoms with van der Waals surface area (Å²) in [4.78, 5) is 2.29. The SMILES string of the molecule is c1ccc(N(c2ccccc2)c2ccc(-c3cccc(-c4cccc5c6ccccc6n(-c6ccccc6)c45)c3)cc2)cc1. The first-order valence-electron chi connectivity index (χ1n) is 15.0. The summed E-state index contributed by atoms with van der Waals surface area (Å²) in [5.74, 6) is 0. The van der Waals surface area contributed by atoms with Gasteiger partial charge in [-0.15, -0.1) is 0 Å². The lowest BCUT2D eigenvalue weighted by atomic mass is 9.97. The Morgan fingerprint density at radius 2 is 0.909 bits per heavy atom. The third-order valence-corrected chi connectivity index (χ3v) is 8.37. The molecule has 208 valence electrons. The highest BCUT2D eigenvalue weighted by Gasteiger charge is 2.17. The van der Waals surface area contributed by atoms with E-state index in [0.717, 1.165) is 17.1 Å². The Bertz CT molecular complexity index is 2160. The van der Waals surface area contributed by atoms with E-state index < -0.39 is 0 Å². The molecule has 2 nitrogen and oxygen atoms in total. The summed E-state index contributed by atoms with van der Waals surface area (Å²) < 4.78 is 2.41. The molecule has 8 aromatic rings. The highest BCUT2D eigenvalue weighted by molar-refractivity contribution is 6.13. The third-order valence-electron chi connectivity index (χ3n) is 8.37. The molecule has 7 aromatic carbocycles. The fourth-order valence-electron chi connectivity index (χ4n) is 6.37. The van der Waals surface area contributed by atoms with Crippen LogP contribution in [0.4, 0.5) is 17.1 Å². The van der Waals surface area contributed by atoms with Gasteiger partial charge in [0, 0.05) is 39.1 Å². The molecule has 0 aliphatic heterocycles. The molecule has 0 aliphatic rings. The van der Waals surface area contributed by atoms with Crippen LogP contribution in [0, 0.1) is 0 Å². The number of hydrogen-bond acceptors (Lipinski definition) is 1. The van der Waals surface area contributed by atoms with Crippen LogP contribution in [0.5, 0.6) is 0 Å². The highest BCUT2D eigenvalue weighted by Crippen LogP contribution is 2.40. The quantitative estimate of drug-likeness (QED) is 0.196. The largest absolute Gasteiger partial charge is 0.311 e. The summed E-state index contributed by atoms with van der Waals surface area (Å²) >= 11 is 0. The predicted molar refractivity (Wildman–Crippen MR) is 186 cm³/mol. The van der Waals surface area contributed by atoms with Crippen molar-refractivity contribution in [3.63, 3.8) is 0 Å². The van der Waals surface area contributed by atoms with Crippen molar-refractivity contribution < 1.29 is 0 Å². The van der Waals surface area contributed by atoms with Crippen molar-refractivity contribution in [1.82, 2.24) is 4.57 Å². The Kier molecular flexibility index (Phi) is 6.51. The molecule has 2 heteroatoms. The van der Waals surface area contributed by atoms with E-state index in [1.165, 1.54) is 49.7 Å². The molecule has 0 unspecified atom stereocenters. The maximum atomic E-state index is 2.41. The van der Waals surface area contributed by atoms with E-state index in [1.807, 2.05) is 0 Å². The van der Waals surface area contributed by atoms with Gasteiger partial charge >= 0.3 is 0 Å². The molecule has 0 amide bonds. The summed E-state index contributed by atoms with van der Waals surface area (Å²) in [5.41, 5.74) is 11.8. The molecule has 1 heterocycles. The molecule has 0 saturated heterocycles. The van der Waals surface area contributed by atoms with Crippen molar-refractivity contribution in [3.05, 3.63) is 182 Å². The monoisotopic (exact) mass is 562 g/mol. The Labute approximate surface area is 257 Å². The van der Waals surface area contributed by atoms with Gasteiger partial charge < -0.3 is 9.47 Å². The molecule has 0 bridgehead atoms. The van der Waals surface area contributed by atoms with Crippen molar-refractivity contribution in [1.29, 1.82) is 0 Å². The molecule has 0 radical (unpaired) electrons. The number of anilines is 3. The zero-order chi connectivity index (χ0) is 29.3. The molecule has 0 aliphatic carbocycles. The summed E-state index contributed by atoms with van der Waals surface area (Å²) in [5, 5.41) is 2.53. The zero-order valence-corrected chi connectivity index (χ0v) is 24.2. The zero-order valence-electron chi connectivity index (χ0n) is 24.2. The van der Waals surface area contributed by atoms with Crippen molar-refractivity contribution in [2.45, 2.75) is 0 Å². The Morgan fingerprint density at radius 1 is 0.364 bits per heavy atom. The van der Waals surface area contributed by atoms with E-state index in [1.54, 1.807) is 0 Å². The number of hydrogen-bond donors (Lipinski definition) is 0. The molecular formula is C42H30N2. The first-order chi connectivity index (χ1) is 21.8. The Balaban J connectivity index is 1.23. The van der Waals surface area contributed by atoms with Gasteiger partial charge in [-0.25, -0.2) is 0 Å². The van der Waals surface area contributed by atoms with E-state index in [2.05, 4.69) is 191 Å². The lowest BCUT2D eigenvalue weighted by molar-refractivity contribution is 1.18. The summed E-state index contributed by atoms with van der Waals surface area (Å²) in [6.07, 6.45) is 0. The van der Waals surface area contributed by atoms with Crippen LogP contribution < -0.4 is 4.90 Å². The molecule has 8 rings (SSSR count). The van der Waals surface area contributed by atoms with E-state index in [0.29, 0.717) is 0 Å². The second kappa shape index (κ2) is 11.1. The lowest BCUT2D eigenvalue weighted by Crippen LogP contribution is -2.09. The Morgan fingerprint density at radius 3 is 1.61 bits per heavy atom. The number of aromatic nitrogens is 1. The van der Waals surface area contributed by atoms with Crippen molar-refractivity contribution in [2.75, 3.05) is 4.90 Å². The minimum absolute atomic E-state index is 1.12. The molecule has 0 N–H and O–H groups in total. The topological polar surface area (TPSA) is 8.17 Å². The van der Waals surface area contributed by atoms with Gasteiger partial charge in [-0.3, -0.25) is 0 Å². The van der Waals surface area contributed by atoms with Crippen LogP contribution in [0.2, 0.25) is 0 Å². The average molecular weight is 563 g/mol. The van der Waals surface area contributed by atoms with Gasteiger partial charge in [-0.1, -0.05) is 121 Å². The number of rotatable bonds is 6. The second-order valence-corrected chi connectivity index (χ2v) is 11.0. The van der Waals surface area contributed by atoms with Gasteiger partial charge in [-0.2, -0.15) is 0 Å². The molecule has 44 heavy (non-hydrogen) atoms. The van der Waals surface area contributed by atoms with Crippen molar-refractivity contribution in [2.24, 2.45) is 0 Å². The lowest BCUT2D eigenvalue weighted by Gasteiger charge is -2.25. The number of benzene rings is 7. The van der Waals surface area contributed by atoms with Crippen LogP contribution in [0.25, 0.3) is 49.7 Å². The van der Waals surface area contributed by atoms with E-state index in [-0.39, 0.29) is 0 Å².